The Hall–Kier alpha value is -5.60. The molecule has 1 aliphatic rings. The van der Waals surface area contributed by atoms with Crippen molar-refractivity contribution in [2.24, 2.45) is 0 Å². The number of para-hydroxylation sites is 1. The van der Waals surface area contributed by atoms with Crippen LogP contribution in [0.15, 0.2) is 170 Å². The number of fused-ring (bicyclic) bond motifs is 9. The van der Waals surface area contributed by atoms with Gasteiger partial charge in [0.1, 0.15) is 0 Å². The highest BCUT2D eigenvalue weighted by atomic mass is 15.1. The molecule has 0 unspecified atom stereocenters. The molecule has 0 saturated carbocycles. The monoisotopic (exact) mass is 557 g/mol. The normalized spacial score (nSPS) is 12.5. The Morgan fingerprint density at radius 1 is 0.364 bits per heavy atom. The van der Waals surface area contributed by atoms with Crippen LogP contribution in [0.2, 0.25) is 0 Å². The second-order valence-corrected chi connectivity index (χ2v) is 11.7. The fourth-order valence-electron chi connectivity index (χ4n) is 7.33. The molecule has 8 aromatic rings. The molecule has 9 rings (SSSR count). The van der Waals surface area contributed by atoms with Crippen molar-refractivity contribution < 1.29 is 0 Å². The minimum Gasteiger partial charge on any atom is -0.376 e. The van der Waals surface area contributed by atoms with Gasteiger partial charge >= 0.3 is 6.85 Å². The summed E-state index contributed by atoms with van der Waals surface area (Å²) in [6.45, 7) is 0.0597. The average Bonchev–Trinajstić information content (AvgIpc) is 3.11. The van der Waals surface area contributed by atoms with Gasteiger partial charge in [0.25, 0.3) is 0 Å². The Labute approximate surface area is 257 Å². The minimum absolute atomic E-state index is 0.0597. The Morgan fingerprint density at radius 3 is 1.59 bits per heavy atom. The summed E-state index contributed by atoms with van der Waals surface area (Å²) in [5.41, 5.74) is 10.0. The zero-order valence-electron chi connectivity index (χ0n) is 24.2. The van der Waals surface area contributed by atoms with Gasteiger partial charge < -0.3 is 4.81 Å². The molecule has 0 spiro atoms. The molecule has 0 fully saturated rings. The van der Waals surface area contributed by atoms with Crippen molar-refractivity contribution in [1.82, 2.24) is 0 Å². The first kappa shape index (κ1) is 25.0. The lowest BCUT2D eigenvalue weighted by molar-refractivity contribution is 1.36. The molecule has 0 aliphatic carbocycles. The van der Waals surface area contributed by atoms with Crippen molar-refractivity contribution in [1.29, 1.82) is 0 Å². The molecule has 0 aromatic heterocycles. The highest BCUT2D eigenvalue weighted by Crippen LogP contribution is 2.43. The summed E-state index contributed by atoms with van der Waals surface area (Å²) >= 11 is 0. The largest absolute Gasteiger partial charge is 0.376 e. The van der Waals surface area contributed by atoms with Gasteiger partial charge in [-0.3, -0.25) is 0 Å². The number of rotatable bonds is 3. The van der Waals surface area contributed by atoms with Gasteiger partial charge in [0.15, 0.2) is 0 Å². The maximum absolute atomic E-state index is 2.53. The van der Waals surface area contributed by atoms with Crippen LogP contribution in [-0.2, 0) is 0 Å². The highest BCUT2D eigenvalue weighted by molar-refractivity contribution is 6.90. The number of hydrogen-bond acceptors (Lipinski definition) is 1. The summed E-state index contributed by atoms with van der Waals surface area (Å²) in [6.07, 6.45) is 0. The number of anilines is 2. The van der Waals surface area contributed by atoms with Gasteiger partial charge in [0.05, 0.1) is 0 Å². The van der Waals surface area contributed by atoms with E-state index >= 15 is 0 Å². The summed E-state index contributed by atoms with van der Waals surface area (Å²) in [4.78, 5) is 2.53. The first-order chi connectivity index (χ1) is 21.8. The molecule has 44 heavy (non-hydrogen) atoms. The van der Waals surface area contributed by atoms with Gasteiger partial charge in [0.2, 0.25) is 0 Å². The Kier molecular flexibility index (Phi) is 5.67. The van der Waals surface area contributed by atoms with Crippen LogP contribution in [0.25, 0.3) is 54.6 Å². The fraction of sp³-hybridized carbons (Fsp3) is 0. The van der Waals surface area contributed by atoms with Crippen LogP contribution in [0.4, 0.5) is 11.4 Å². The van der Waals surface area contributed by atoms with E-state index in [1.807, 2.05) is 0 Å². The summed E-state index contributed by atoms with van der Waals surface area (Å²) < 4.78 is 0. The summed E-state index contributed by atoms with van der Waals surface area (Å²) in [7, 11) is 0. The van der Waals surface area contributed by atoms with Crippen LogP contribution in [0.3, 0.4) is 0 Å². The van der Waals surface area contributed by atoms with Gasteiger partial charge in [-0.2, -0.15) is 0 Å². The quantitative estimate of drug-likeness (QED) is 0.154. The predicted octanol–water partition coefficient (Wildman–Crippen LogP) is 9.74. The molecule has 2 heteroatoms. The van der Waals surface area contributed by atoms with E-state index in [0.29, 0.717) is 0 Å². The van der Waals surface area contributed by atoms with Crippen LogP contribution < -0.4 is 15.7 Å². The predicted molar refractivity (Wildman–Crippen MR) is 190 cm³/mol. The lowest BCUT2D eigenvalue weighted by Crippen LogP contribution is -2.57. The minimum atomic E-state index is 0.0597. The lowest BCUT2D eigenvalue weighted by Gasteiger charge is -2.39. The van der Waals surface area contributed by atoms with E-state index in [0.717, 1.165) is 0 Å². The van der Waals surface area contributed by atoms with Crippen molar-refractivity contribution in [2.75, 3.05) is 4.81 Å². The molecule has 0 N–H and O–H groups in total. The molecule has 0 atom stereocenters. The van der Waals surface area contributed by atoms with Crippen LogP contribution in [0, 0.1) is 0 Å². The third kappa shape index (κ3) is 3.81. The molecule has 0 radical (unpaired) electrons. The van der Waals surface area contributed by atoms with E-state index in [1.165, 1.54) is 76.9 Å². The highest BCUT2D eigenvalue weighted by Gasteiger charge is 2.37. The van der Waals surface area contributed by atoms with E-state index in [1.54, 1.807) is 0 Å². The van der Waals surface area contributed by atoms with Crippen molar-refractivity contribution in [3.05, 3.63) is 170 Å². The van der Waals surface area contributed by atoms with Gasteiger partial charge in [-0.05, 0) is 78.7 Å². The van der Waals surface area contributed by atoms with Crippen LogP contribution in [0.1, 0.15) is 0 Å². The smallest absolute Gasteiger partial charge is 0.328 e. The molecule has 8 aromatic carbocycles. The Bertz CT molecular complexity index is 2310. The van der Waals surface area contributed by atoms with E-state index in [4.69, 9.17) is 0 Å². The first-order valence-electron chi connectivity index (χ1n) is 15.3. The third-order valence-corrected chi connectivity index (χ3v) is 9.29. The molecule has 204 valence electrons. The van der Waals surface area contributed by atoms with Crippen molar-refractivity contribution >= 4 is 61.5 Å². The second kappa shape index (κ2) is 10.0. The van der Waals surface area contributed by atoms with E-state index < -0.39 is 0 Å². The van der Waals surface area contributed by atoms with Crippen molar-refractivity contribution in [3.63, 3.8) is 0 Å². The number of nitrogens with zero attached hydrogens (tertiary/aromatic N) is 1. The van der Waals surface area contributed by atoms with E-state index in [-0.39, 0.29) is 6.85 Å². The van der Waals surface area contributed by atoms with Crippen molar-refractivity contribution in [3.8, 4) is 22.3 Å². The van der Waals surface area contributed by atoms with E-state index in [9.17, 15) is 0 Å². The van der Waals surface area contributed by atoms with Crippen LogP contribution in [-0.4, -0.2) is 6.85 Å². The van der Waals surface area contributed by atoms with Crippen LogP contribution in [0.5, 0.6) is 0 Å². The molecular weight excluding hydrogens is 529 g/mol. The zero-order valence-corrected chi connectivity index (χ0v) is 24.2. The maximum Gasteiger partial charge on any atom is 0.328 e. The maximum atomic E-state index is 2.53. The van der Waals surface area contributed by atoms with Crippen LogP contribution >= 0.6 is 0 Å². The average molecular weight is 558 g/mol. The summed E-state index contributed by atoms with van der Waals surface area (Å²) in [5.74, 6) is 0. The number of benzene rings is 8. The molecular formula is C42H28BN. The number of hydrogen-bond donors (Lipinski definition) is 0. The van der Waals surface area contributed by atoms with Gasteiger partial charge in [0, 0.05) is 16.9 Å². The molecule has 0 saturated heterocycles. The standard InChI is InChI=1S/C42H28BN/c1-3-13-31(14-4-1)43-41-22-12-11-21-38(41)39-26-24-30(28-42(39)44(43)32-15-5-2-6-16-32)29-23-25-37-35-19-8-7-17-33(35)34-18-9-10-20-36(34)40(37)27-29/h1-28H. The molecule has 0 bridgehead atoms. The van der Waals surface area contributed by atoms with Gasteiger partial charge in [-0.25, -0.2) is 0 Å². The Morgan fingerprint density at radius 2 is 0.886 bits per heavy atom. The molecule has 1 aliphatic heterocycles. The molecule has 1 heterocycles. The summed E-state index contributed by atoms with van der Waals surface area (Å²) in [5, 5.41) is 7.80. The first-order valence-corrected chi connectivity index (χ1v) is 15.3. The van der Waals surface area contributed by atoms with Gasteiger partial charge in [-0.1, -0.05) is 151 Å². The second-order valence-electron chi connectivity index (χ2n) is 11.7. The van der Waals surface area contributed by atoms with E-state index in [2.05, 4.69) is 175 Å². The molecule has 0 amide bonds. The summed E-state index contributed by atoms with van der Waals surface area (Å²) in [6, 6.07) is 62.3. The van der Waals surface area contributed by atoms with Crippen molar-refractivity contribution in [2.45, 2.75) is 0 Å². The Balaban J connectivity index is 1.30. The van der Waals surface area contributed by atoms with Gasteiger partial charge in [-0.15, -0.1) is 0 Å². The fourth-order valence-corrected chi connectivity index (χ4v) is 7.33. The third-order valence-electron chi connectivity index (χ3n) is 9.29. The zero-order chi connectivity index (χ0) is 29.0. The molecule has 1 nitrogen and oxygen atoms in total. The SMILES string of the molecule is c1ccc(B2c3ccccc3-c3ccc(-c4ccc5c6ccccc6c6ccccc6c5c4)cc3N2c2ccccc2)cc1. The lowest BCUT2D eigenvalue weighted by atomic mass is 9.45. The topological polar surface area (TPSA) is 3.24 Å².